The average Bonchev–Trinajstić information content (AvgIpc) is 2.18. The fourth-order valence-corrected chi connectivity index (χ4v) is 1.32. The molecule has 0 atom stereocenters. The Bertz CT molecular complexity index is 303. The maximum atomic E-state index is 5.75. The van der Waals surface area contributed by atoms with Gasteiger partial charge in [0.25, 0.3) is 0 Å². The van der Waals surface area contributed by atoms with Gasteiger partial charge >= 0.3 is 0 Å². The maximum Gasteiger partial charge on any atom is 0.0363 e. The van der Waals surface area contributed by atoms with Crippen molar-refractivity contribution in [3.8, 4) is 0 Å². The topological polar surface area (TPSA) is 29.3 Å². The molecule has 0 heterocycles. The molecule has 0 aromatic heterocycles. The first kappa shape index (κ1) is 11.1. The zero-order valence-electron chi connectivity index (χ0n) is 9.54. The number of nitrogens with two attached hydrogens (primary N) is 1. The summed E-state index contributed by atoms with van der Waals surface area (Å²) >= 11 is 0. The Morgan fingerprint density at radius 2 is 1.93 bits per heavy atom. The molecule has 1 aromatic rings. The van der Waals surface area contributed by atoms with E-state index >= 15 is 0 Å². The first-order valence-electron chi connectivity index (χ1n) is 4.95. The molecule has 0 aliphatic rings. The third-order valence-electron chi connectivity index (χ3n) is 2.65. The van der Waals surface area contributed by atoms with E-state index in [1.165, 1.54) is 11.3 Å². The Balaban J connectivity index is 3.05. The van der Waals surface area contributed by atoms with E-state index in [1.807, 2.05) is 0 Å². The lowest BCUT2D eigenvalue weighted by Gasteiger charge is -2.24. The molecule has 0 saturated carbocycles. The number of hydrogen-bond donors (Lipinski definition) is 1. The lowest BCUT2D eigenvalue weighted by molar-refractivity contribution is 0.539. The van der Waals surface area contributed by atoms with Crippen molar-refractivity contribution < 1.29 is 0 Å². The van der Waals surface area contributed by atoms with Gasteiger partial charge in [0.15, 0.2) is 0 Å². The smallest absolute Gasteiger partial charge is 0.0363 e. The van der Waals surface area contributed by atoms with Crippen molar-refractivity contribution in [3.63, 3.8) is 0 Å². The molecule has 0 saturated heterocycles. The van der Waals surface area contributed by atoms with Gasteiger partial charge in [-0.05, 0) is 17.7 Å². The molecule has 2 heteroatoms. The number of rotatable bonds is 3. The summed E-state index contributed by atoms with van der Waals surface area (Å²) in [5.41, 5.74) is 8.34. The highest BCUT2D eigenvalue weighted by Crippen LogP contribution is 2.25. The van der Waals surface area contributed by atoms with E-state index in [2.05, 4.69) is 57.1 Å². The lowest BCUT2D eigenvalue weighted by Crippen LogP contribution is -2.28. The largest absolute Gasteiger partial charge is 0.378 e. The first-order valence-corrected chi connectivity index (χ1v) is 4.95. The molecule has 0 aliphatic carbocycles. The molecule has 0 radical (unpaired) electrons. The number of benzene rings is 1. The highest BCUT2D eigenvalue weighted by Gasteiger charge is 2.18. The van der Waals surface area contributed by atoms with Crippen LogP contribution in [0, 0.1) is 0 Å². The fourth-order valence-electron chi connectivity index (χ4n) is 1.32. The Hall–Kier alpha value is -1.02. The van der Waals surface area contributed by atoms with E-state index in [9.17, 15) is 0 Å². The van der Waals surface area contributed by atoms with E-state index in [1.54, 1.807) is 0 Å². The van der Waals surface area contributed by atoms with Gasteiger partial charge in [-0.2, -0.15) is 0 Å². The van der Waals surface area contributed by atoms with Crippen molar-refractivity contribution >= 4 is 5.69 Å². The van der Waals surface area contributed by atoms with Crippen LogP contribution in [0.4, 0.5) is 5.69 Å². The monoisotopic (exact) mass is 192 g/mol. The van der Waals surface area contributed by atoms with Gasteiger partial charge < -0.3 is 10.6 Å². The Kier molecular flexibility index (Phi) is 3.17. The van der Waals surface area contributed by atoms with Crippen LogP contribution < -0.4 is 10.6 Å². The molecule has 2 N–H and O–H groups in total. The van der Waals surface area contributed by atoms with Crippen molar-refractivity contribution in [1.29, 1.82) is 0 Å². The van der Waals surface area contributed by atoms with Crippen LogP contribution in [0.5, 0.6) is 0 Å². The minimum Gasteiger partial charge on any atom is -0.378 e. The number of hydrogen-bond acceptors (Lipinski definition) is 2. The quantitative estimate of drug-likeness (QED) is 0.793. The van der Waals surface area contributed by atoms with Gasteiger partial charge in [-0.1, -0.05) is 26.0 Å². The predicted molar refractivity (Wildman–Crippen MR) is 62.8 cm³/mol. The molecule has 0 aliphatic heterocycles. The molecular weight excluding hydrogens is 172 g/mol. The standard InChI is InChI=1S/C12H20N2/c1-12(2,9-13)10-6-5-7-11(8-10)14(3)4/h5-8H,9,13H2,1-4H3. The van der Waals surface area contributed by atoms with Crippen LogP contribution in [-0.2, 0) is 5.41 Å². The molecular formula is C12H20N2. The van der Waals surface area contributed by atoms with Gasteiger partial charge in [0.05, 0.1) is 0 Å². The molecule has 0 bridgehead atoms. The third kappa shape index (κ3) is 2.26. The van der Waals surface area contributed by atoms with E-state index in [-0.39, 0.29) is 5.41 Å². The number of anilines is 1. The second-order valence-corrected chi connectivity index (χ2v) is 4.53. The zero-order valence-corrected chi connectivity index (χ0v) is 9.54. The van der Waals surface area contributed by atoms with Crippen LogP contribution in [0.2, 0.25) is 0 Å². The lowest BCUT2D eigenvalue weighted by atomic mass is 9.84. The summed E-state index contributed by atoms with van der Waals surface area (Å²) in [5, 5.41) is 0. The third-order valence-corrected chi connectivity index (χ3v) is 2.65. The van der Waals surface area contributed by atoms with Crippen molar-refractivity contribution in [2.24, 2.45) is 5.73 Å². The molecule has 0 unspecified atom stereocenters. The Labute approximate surface area is 86.7 Å². The van der Waals surface area contributed by atoms with Crippen LogP contribution in [-0.4, -0.2) is 20.6 Å². The van der Waals surface area contributed by atoms with Crippen LogP contribution in [0.3, 0.4) is 0 Å². The summed E-state index contributed by atoms with van der Waals surface area (Å²) in [6.45, 7) is 5.01. The summed E-state index contributed by atoms with van der Waals surface area (Å²) in [5.74, 6) is 0. The van der Waals surface area contributed by atoms with E-state index < -0.39 is 0 Å². The minimum atomic E-state index is 0.0615. The second kappa shape index (κ2) is 4.01. The summed E-state index contributed by atoms with van der Waals surface area (Å²) < 4.78 is 0. The van der Waals surface area contributed by atoms with Crippen LogP contribution >= 0.6 is 0 Å². The predicted octanol–water partition coefficient (Wildman–Crippen LogP) is 1.99. The van der Waals surface area contributed by atoms with Crippen molar-refractivity contribution in [2.45, 2.75) is 19.3 Å². The Morgan fingerprint density at radius 3 is 2.43 bits per heavy atom. The van der Waals surface area contributed by atoms with Crippen molar-refractivity contribution in [1.82, 2.24) is 0 Å². The average molecular weight is 192 g/mol. The molecule has 0 fully saturated rings. The molecule has 0 spiro atoms. The Morgan fingerprint density at radius 1 is 1.29 bits per heavy atom. The highest BCUT2D eigenvalue weighted by molar-refractivity contribution is 5.48. The molecule has 1 rings (SSSR count). The second-order valence-electron chi connectivity index (χ2n) is 4.53. The van der Waals surface area contributed by atoms with E-state index in [0.29, 0.717) is 6.54 Å². The van der Waals surface area contributed by atoms with Gasteiger partial charge in [0.1, 0.15) is 0 Å². The van der Waals surface area contributed by atoms with Crippen LogP contribution in [0.1, 0.15) is 19.4 Å². The fraction of sp³-hybridized carbons (Fsp3) is 0.500. The molecule has 0 amide bonds. The van der Waals surface area contributed by atoms with Gasteiger partial charge in [-0.15, -0.1) is 0 Å². The van der Waals surface area contributed by atoms with Gasteiger partial charge in [0, 0.05) is 31.7 Å². The normalized spacial score (nSPS) is 11.5. The summed E-state index contributed by atoms with van der Waals surface area (Å²) in [6, 6.07) is 8.53. The maximum absolute atomic E-state index is 5.75. The highest BCUT2D eigenvalue weighted by atomic mass is 15.1. The van der Waals surface area contributed by atoms with Gasteiger partial charge in [-0.25, -0.2) is 0 Å². The molecule has 78 valence electrons. The first-order chi connectivity index (χ1) is 6.47. The molecule has 1 aromatic carbocycles. The van der Waals surface area contributed by atoms with Crippen LogP contribution in [0.15, 0.2) is 24.3 Å². The minimum absolute atomic E-state index is 0.0615. The van der Waals surface area contributed by atoms with Crippen LogP contribution in [0.25, 0.3) is 0 Å². The summed E-state index contributed by atoms with van der Waals surface area (Å²) in [4.78, 5) is 2.11. The van der Waals surface area contributed by atoms with Crippen molar-refractivity contribution in [2.75, 3.05) is 25.5 Å². The van der Waals surface area contributed by atoms with Gasteiger partial charge in [0.2, 0.25) is 0 Å². The number of nitrogens with zero attached hydrogens (tertiary/aromatic N) is 1. The van der Waals surface area contributed by atoms with E-state index in [0.717, 1.165) is 0 Å². The van der Waals surface area contributed by atoms with E-state index in [4.69, 9.17) is 5.73 Å². The summed E-state index contributed by atoms with van der Waals surface area (Å²) in [7, 11) is 4.10. The SMILES string of the molecule is CN(C)c1cccc(C(C)(C)CN)c1. The molecule has 2 nitrogen and oxygen atoms in total. The molecule has 14 heavy (non-hydrogen) atoms. The zero-order chi connectivity index (χ0) is 10.8. The van der Waals surface area contributed by atoms with Crippen molar-refractivity contribution in [3.05, 3.63) is 29.8 Å². The summed E-state index contributed by atoms with van der Waals surface area (Å²) in [6.07, 6.45) is 0. The van der Waals surface area contributed by atoms with Gasteiger partial charge in [-0.3, -0.25) is 0 Å².